The predicted octanol–water partition coefficient (Wildman–Crippen LogP) is 5.54. The van der Waals surface area contributed by atoms with E-state index >= 15 is 0 Å². The van der Waals surface area contributed by atoms with Crippen molar-refractivity contribution in [2.24, 2.45) is 0 Å². The molecule has 0 bridgehead atoms. The Labute approximate surface area is 142 Å². The smallest absolute Gasteiger partial charge is 0.338 e. The molecule has 0 aliphatic heterocycles. The van der Waals surface area contributed by atoms with Gasteiger partial charge in [-0.05, 0) is 41.8 Å². The number of carbonyl (C=O) groups is 1. The van der Waals surface area contributed by atoms with Gasteiger partial charge < -0.3 is 9.84 Å². The highest BCUT2D eigenvalue weighted by molar-refractivity contribution is 5.88. The van der Waals surface area contributed by atoms with Crippen LogP contribution in [0.3, 0.4) is 0 Å². The zero-order chi connectivity index (χ0) is 17.4. The Hall–Kier alpha value is -2.36. The van der Waals surface area contributed by atoms with Crippen LogP contribution in [0, 0.1) is 5.82 Å². The Morgan fingerprint density at radius 1 is 1.00 bits per heavy atom. The van der Waals surface area contributed by atoms with Gasteiger partial charge in [0.1, 0.15) is 11.6 Å². The fourth-order valence-corrected chi connectivity index (χ4v) is 2.51. The molecule has 0 heterocycles. The van der Waals surface area contributed by atoms with Gasteiger partial charge in [-0.15, -0.1) is 0 Å². The molecule has 0 amide bonds. The lowest BCUT2D eigenvalue weighted by atomic mass is 10.0. The standard InChI is InChI=1S/C20H23FO3/c1-2-3-4-5-6-13-24-17-10-7-15(8-11-17)16-9-12-18(20(22)23)19(21)14-16/h7-12,14H,2-6,13H2,1H3,(H,22,23). The molecule has 0 fully saturated rings. The van der Waals surface area contributed by atoms with Gasteiger partial charge in [0.15, 0.2) is 0 Å². The van der Waals surface area contributed by atoms with Crippen LogP contribution in [-0.4, -0.2) is 17.7 Å². The van der Waals surface area contributed by atoms with Crippen LogP contribution in [0.15, 0.2) is 42.5 Å². The Kier molecular flexibility index (Phi) is 6.79. The van der Waals surface area contributed by atoms with E-state index in [0.717, 1.165) is 17.7 Å². The molecule has 24 heavy (non-hydrogen) atoms. The Bertz CT molecular complexity index is 665. The SMILES string of the molecule is CCCCCCCOc1ccc(-c2ccc(C(=O)O)c(F)c2)cc1. The van der Waals surface area contributed by atoms with Gasteiger partial charge in [0, 0.05) is 0 Å². The van der Waals surface area contributed by atoms with Crippen LogP contribution >= 0.6 is 0 Å². The first-order valence-electron chi connectivity index (χ1n) is 8.38. The lowest BCUT2D eigenvalue weighted by Crippen LogP contribution is -2.00. The van der Waals surface area contributed by atoms with Gasteiger partial charge in [0.25, 0.3) is 0 Å². The molecule has 2 rings (SSSR count). The molecule has 3 nitrogen and oxygen atoms in total. The lowest BCUT2D eigenvalue weighted by Gasteiger charge is -2.08. The third-order valence-corrected chi connectivity index (χ3v) is 3.90. The van der Waals surface area contributed by atoms with Crippen LogP contribution < -0.4 is 4.74 Å². The summed E-state index contributed by atoms with van der Waals surface area (Å²) in [6.07, 6.45) is 5.98. The van der Waals surface area contributed by atoms with Crippen molar-refractivity contribution < 1.29 is 19.0 Å². The van der Waals surface area contributed by atoms with Gasteiger partial charge in [-0.1, -0.05) is 50.8 Å². The van der Waals surface area contributed by atoms with Crippen molar-refractivity contribution in [3.63, 3.8) is 0 Å². The van der Waals surface area contributed by atoms with Crippen molar-refractivity contribution in [3.8, 4) is 16.9 Å². The first-order chi connectivity index (χ1) is 11.6. The first-order valence-corrected chi connectivity index (χ1v) is 8.38. The van der Waals surface area contributed by atoms with E-state index in [1.165, 1.54) is 37.8 Å². The average molecular weight is 330 g/mol. The molecule has 0 unspecified atom stereocenters. The largest absolute Gasteiger partial charge is 0.494 e. The minimum Gasteiger partial charge on any atom is -0.494 e. The summed E-state index contributed by atoms with van der Waals surface area (Å²) in [5.74, 6) is -1.20. The number of ether oxygens (including phenoxy) is 1. The molecule has 0 spiro atoms. The third kappa shape index (κ3) is 5.08. The van der Waals surface area contributed by atoms with Crippen LogP contribution in [0.5, 0.6) is 5.75 Å². The number of carboxylic acids is 1. The van der Waals surface area contributed by atoms with E-state index in [9.17, 15) is 9.18 Å². The van der Waals surface area contributed by atoms with E-state index in [4.69, 9.17) is 9.84 Å². The summed E-state index contributed by atoms with van der Waals surface area (Å²) in [5.41, 5.74) is 1.14. The second-order valence-corrected chi connectivity index (χ2v) is 5.79. The van der Waals surface area contributed by atoms with Gasteiger partial charge in [0.2, 0.25) is 0 Å². The maximum Gasteiger partial charge on any atom is 0.338 e. The molecule has 2 aromatic rings. The number of benzene rings is 2. The van der Waals surface area contributed by atoms with Gasteiger partial charge in [-0.25, -0.2) is 9.18 Å². The summed E-state index contributed by atoms with van der Waals surface area (Å²) in [5, 5.41) is 8.86. The molecule has 128 valence electrons. The van der Waals surface area contributed by atoms with Crippen molar-refractivity contribution >= 4 is 5.97 Å². The predicted molar refractivity (Wildman–Crippen MR) is 93.0 cm³/mol. The maximum absolute atomic E-state index is 13.8. The summed E-state index contributed by atoms with van der Waals surface area (Å²) in [6, 6.07) is 11.5. The molecule has 2 aromatic carbocycles. The topological polar surface area (TPSA) is 46.5 Å². The van der Waals surface area contributed by atoms with E-state index in [2.05, 4.69) is 6.92 Å². The van der Waals surface area contributed by atoms with Crippen LogP contribution in [0.1, 0.15) is 49.4 Å². The number of carboxylic acid groups (broad SMARTS) is 1. The fraction of sp³-hybridized carbons (Fsp3) is 0.350. The van der Waals surface area contributed by atoms with Crippen LogP contribution in [0.4, 0.5) is 4.39 Å². The number of aromatic carboxylic acids is 1. The van der Waals surface area contributed by atoms with Crippen molar-refractivity contribution in [3.05, 3.63) is 53.8 Å². The normalized spacial score (nSPS) is 10.6. The van der Waals surface area contributed by atoms with E-state index in [1.54, 1.807) is 6.07 Å². The molecule has 0 aliphatic carbocycles. The maximum atomic E-state index is 13.8. The summed E-state index contributed by atoms with van der Waals surface area (Å²) in [4.78, 5) is 10.8. The minimum atomic E-state index is -1.26. The Morgan fingerprint density at radius 3 is 2.29 bits per heavy atom. The zero-order valence-corrected chi connectivity index (χ0v) is 13.9. The number of hydrogen-bond donors (Lipinski definition) is 1. The summed E-state index contributed by atoms with van der Waals surface area (Å²) < 4.78 is 19.5. The second kappa shape index (κ2) is 9.06. The Balaban J connectivity index is 1.92. The minimum absolute atomic E-state index is 0.318. The highest BCUT2D eigenvalue weighted by atomic mass is 19.1. The van der Waals surface area contributed by atoms with Crippen molar-refractivity contribution in [1.82, 2.24) is 0 Å². The Morgan fingerprint density at radius 2 is 1.67 bits per heavy atom. The molecular weight excluding hydrogens is 307 g/mol. The van der Waals surface area contributed by atoms with Crippen molar-refractivity contribution in [2.45, 2.75) is 39.0 Å². The molecule has 0 aromatic heterocycles. The zero-order valence-electron chi connectivity index (χ0n) is 13.9. The van der Waals surface area contributed by atoms with Crippen LogP contribution in [-0.2, 0) is 0 Å². The highest BCUT2D eigenvalue weighted by Gasteiger charge is 2.11. The second-order valence-electron chi connectivity index (χ2n) is 5.79. The van der Waals surface area contributed by atoms with Gasteiger partial charge >= 0.3 is 5.97 Å². The molecule has 1 N–H and O–H groups in total. The first kappa shape index (κ1) is 18.0. The summed E-state index contributed by atoms with van der Waals surface area (Å²) in [6.45, 7) is 2.89. The monoisotopic (exact) mass is 330 g/mol. The van der Waals surface area contributed by atoms with E-state index in [0.29, 0.717) is 12.2 Å². The van der Waals surface area contributed by atoms with Crippen molar-refractivity contribution in [2.75, 3.05) is 6.61 Å². The quantitative estimate of drug-likeness (QED) is 0.614. The molecule has 0 radical (unpaired) electrons. The van der Waals surface area contributed by atoms with Gasteiger partial charge in [-0.3, -0.25) is 0 Å². The van der Waals surface area contributed by atoms with E-state index < -0.39 is 11.8 Å². The number of hydrogen-bond acceptors (Lipinski definition) is 2. The van der Waals surface area contributed by atoms with E-state index in [-0.39, 0.29) is 5.56 Å². The van der Waals surface area contributed by atoms with E-state index in [1.807, 2.05) is 24.3 Å². The average Bonchev–Trinajstić information content (AvgIpc) is 2.58. The molecular formula is C20H23FO3. The fourth-order valence-electron chi connectivity index (χ4n) is 2.51. The number of halogens is 1. The van der Waals surface area contributed by atoms with Crippen LogP contribution in [0.25, 0.3) is 11.1 Å². The van der Waals surface area contributed by atoms with Crippen molar-refractivity contribution in [1.29, 1.82) is 0 Å². The third-order valence-electron chi connectivity index (χ3n) is 3.90. The molecule has 0 saturated carbocycles. The summed E-state index contributed by atoms with van der Waals surface area (Å²) >= 11 is 0. The summed E-state index contributed by atoms with van der Waals surface area (Å²) in [7, 11) is 0. The lowest BCUT2D eigenvalue weighted by molar-refractivity contribution is 0.0692. The molecule has 4 heteroatoms. The van der Waals surface area contributed by atoms with Gasteiger partial charge in [0.05, 0.1) is 12.2 Å². The number of unbranched alkanes of at least 4 members (excludes halogenated alkanes) is 4. The number of rotatable bonds is 9. The van der Waals surface area contributed by atoms with Crippen LogP contribution in [0.2, 0.25) is 0 Å². The molecule has 0 aliphatic rings. The molecule has 0 atom stereocenters. The highest BCUT2D eigenvalue weighted by Crippen LogP contribution is 2.24. The van der Waals surface area contributed by atoms with Gasteiger partial charge in [-0.2, -0.15) is 0 Å². The molecule has 0 saturated heterocycles.